The van der Waals surface area contributed by atoms with Gasteiger partial charge in [0.05, 0.1) is 0 Å². The van der Waals surface area contributed by atoms with Gasteiger partial charge in [0.15, 0.2) is 5.78 Å². The fourth-order valence-electron chi connectivity index (χ4n) is 3.64. The molecule has 3 aromatic carbocycles. The van der Waals surface area contributed by atoms with Crippen LogP contribution in [-0.4, -0.2) is 5.78 Å². The number of carbonyl (C=O) groups excluding carboxylic acids is 1. The number of ketones is 1. The van der Waals surface area contributed by atoms with Crippen molar-refractivity contribution in [2.75, 3.05) is 0 Å². The van der Waals surface area contributed by atoms with Crippen molar-refractivity contribution in [3.8, 4) is 11.1 Å². The Balaban J connectivity index is 1.97. The van der Waals surface area contributed by atoms with Gasteiger partial charge < -0.3 is 0 Å². The first-order valence-electron chi connectivity index (χ1n) is 7.94. The van der Waals surface area contributed by atoms with Crippen molar-refractivity contribution in [2.24, 2.45) is 5.92 Å². The third-order valence-corrected chi connectivity index (χ3v) is 4.84. The lowest BCUT2D eigenvalue weighted by Gasteiger charge is -2.11. The molecule has 0 saturated carbocycles. The molecule has 0 aliphatic heterocycles. The van der Waals surface area contributed by atoms with Crippen LogP contribution in [0, 0.1) is 5.92 Å². The van der Waals surface area contributed by atoms with Crippen LogP contribution in [-0.2, 0) is 6.42 Å². The first-order chi connectivity index (χ1) is 10.8. The molecular formula is C21H18O. The minimum absolute atomic E-state index is 0.158. The van der Waals surface area contributed by atoms with E-state index in [1.807, 2.05) is 12.1 Å². The highest BCUT2D eigenvalue weighted by atomic mass is 16.1. The molecule has 0 bridgehead atoms. The number of carbonyl (C=O) groups is 1. The second-order valence-corrected chi connectivity index (χ2v) is 6.03. The Hall–Kier alpha value is -2.41. The van der Waals surface area contributed by atoms with Gasteiger partial charge in [0.25, 0.3) is 0 Å². The Kier molecular flexibility index (Phi) is 3.07. The first kappa shape index (κ1) is 13.3. The molecule has 0 spiro atoms. The van der Waals surface area contributed by atoms with Crippen LogP contribution < -0.4 is 0 Å². The summed E-state index contributed by atoms with van der Waals surface area (Å²) in [7, 11) is 0. The molecule has 0 fully saturated rings. The van der Waals surface area contributed by atoms with Gasteiger partial charge in [0, 0.05) is 11.5 Å². The maximum Gasteiger partial charge on any atom is 0.166 e. The van der Waals surface area contributed by atoms with E-state index in [1.54, 1.807) is 0 Å². The van der Waals surface area contributed by atoms with Crippen LogP contribution >= 0.6 is 0 Å². The van der Waals surface area contributed by atoms with Crippen molar-refractivity contribution in [3.63, 3.8) is 0 Å². The Morgan fingerprint density at radius 2 is 1.55 bits per heavy atom. The number of hydrogen-bond donors (Lipinski definition) is 0. The predicted octanol–water partition coefficient (Wildman–Crippen LogP) is 5.27. The number of Topliss-reactive ketones (excluding diaryl/α,β-unsaturated/α-hetero) is 1. The zero-order chi connectivity index (χ0) is 15.1. The highest BCUT2D eigenvalue weighted by Crippen LogP contribution is 2.38. The summed E-state index contributed by atoms with van der Waals surface area (Å²) in [6.45, 7) is 2.10. The average molecular weight is 286 g/mol. The van der Waals surface area contributed by atoms with Crippen LogP contribution in [0.25, 0.3) is 21.9 Å². The smallest absolute Gasteiger partial charge is 0.166 e. The van der Waals surface area contributed by atoms with Gasteiger partial charge in [-0.1, -0.05) is 67.6 Å². The van der Waals surface area contributed by atoms with E-state index in [0.717, 1.165) is 18.4 Å². The number of hydrogen-bond acceptors (Lipinski definition) is 1. The van der Waals surface area contributed by atoms with Crippen molar-refractivity contribution in [2.45, 2.75) is 19.8 Å². The van der Waals surface area contributed by atoms with Crippen molar-refractivity contribution in [1.82, 2.24) is 0 Å². The number of rotatable bonds is 2. The minimum atomic E-state index is 0.158. The summed E-state index contributed by atoms with van der Waals surface area (Å²) in [5.41, 5.74) is 4.62. The van der Waals surface area contributed by atoms with E-state index in [4.69, 9.17) is 0 Å². The van der Waals surface area contributed by atoms with Crippen molar-refractivity contribution in [1.29, 1.82) is 0 Å². The molecule has 108 valence electrons. The standard InChI is InChI=1S/C21H18O/c1-2-14-13-20-18(11-6-12-19(20)21(14)22)17-10-5-8-15-7-3-4-9-16(15)17/h3-12,14H,2,13H2,1H3. The van der Waals surface area contributed by atoms with Crippen LogP contribution in [0.2, 0.25) is 0 Å². The van der Waals surface area contributed by atoms with Gasteiger partial charge in [0.1, 0.15) is 0 Å². The molecule has 3 aromatic rings. The second-order valence-electron chi connectivity index (χ2n) is 6.03. The maximum atomic E-state index is 12.5. The SMILES string of the molecule is CCC1Cc2c(cccc2-c2cccc3ccccc23)C1=O. The highest BCUT2D eigenvalue weighted by Gasteiger charge is 2.30. The summed E-state index contributed by atoms with van der Waals surface area (Å²) >= 11 is 0. The van der Waals surface area contributed by atoms with E-state index >= 15 is 0 Å². The number of benzene rings is 3. The molecule has 1 unspecified atom stereocenters. The topological polar surface area (TPSA) is 17.1 Å². The summed E-state index contributed by atoms with van der Waals surface area (Å²) in [5.74, 6) is 0.478. The molecular weight excluding hydrogens is 268 g/mol. The molecule has 0 N–H and O–H groups in total. The van der Waals surface area contributed by atoms with Gasteiger partial charge in [-0.2, -0.15) is 0 Å². The summed E-state index contributed by atoms with van der Waals surface area (Å²) in [6.07, 6.45) is 1.80. The summed E-state index contributed by atoms with van der Waals surface area (Å²) in [6, 6.07) is 21.0. The zero-order valence-electron chi connectivity index (χ0n) is 12.7. The van der Waals surface area contributed by atoms with E-state index in [1.165, 1.54) is 27.5 Å². The van der Waals surface area contributed by atoms with Crippen molar-refractivity contribution in [3.05, 3.63) is 71.8 Å². The zero-order valence-corrected chi connectivity index (χ0v) is 12.7. The predicted molar refractivity (Wildman–Crippen MR) is 91.2 cm³/mol. The monoisotopic (exact) mass is 286 g/mol. The van der Waals surface area contributed by atoms with E-state index in [-0.39, 0.29) is 5.92 Å². The molecule has 1 heteroatoms. The van der Waals surface area contributed by atoms with Crippen LogP contribution in [0.3, 0.4) is 0 Å². The molecule has 0 aromatic heterocycles. The molecule has 1 nitrogen and oxygen atoms in total. The van der Waals surface area contributed by atoms with E-state index in [2.05, 4.69) is 55.5 Å². The van der Waals surface area contributed by atoms with E-state index in [0.29, 0.717) is 5.78 Å². The molecule has 0 amide bonds. The van der Waals surface area contributed by atoms with Crippen LogP contribution in [0.1, 0.15) is 29.3 Å². The molecule has 4 rings (SSSR count). The van der Waals surface area contributed by atoms with Gasteiger partial charge in [-0.15, -0.1) is 0 Å². The fraction of sp³-hybridized carbons (Fsp3) is 0.190. The molecule has 1 atom stereocenters. The van der Waals surface area contributed by atoms with Gasteiger partial charge in [-0.05, 0) is 40.3 Å². The molecule has 1 aliphatic carbocycles. The fourth-order valence-corrected chi connectivity index (χ4v) is 3.64. The van der Waals surface area contributed by atoms with Crippen LogP contribution in [0.4, 0.5) is 0 Å². The first-order valence-corrected chi connectivity index (χ1v) is 7.94. The van der Waals surface area contributed by atoms with Gasteiger partial charge in [0.2, 0.25) is 0 Å². The summed E-state index contributed by atoms with van der Waals surface area (Å²) in [5, 5.41) is 2.50. The third kappa shape index (κ3) is 1.89. The Bertz CT molecular complexity index is 871. The molecule has 22 heavy (non-hydrogen) atoms. The quantitative estimate of drug-likeness (QED) is 0.627. The normalized spacial score (nSPS) is 17.0. The minimum Gasteiger partial charge on any atom is -0.294 e. The number of fused-ring (bicyclic) bond motifs is 2. The molecule has 1 aliphatic rings. The lowest BCUT2D eigenvalue weighted by atomic mass is 9.92. The lowest BCUT2D eigenvalue weighted by molar-refractivity contribution is 0.0934. The summed E-state index contributed by atoms with van der Waals surface area (Å²) < 4.78 is 0. The Labute approximate surface area is 130 Å². The molecule has 0 radical (unpaired) electrons. The Morgan fingerprint density at radius 3 is 2.41 bits per heavy atom. The second kappa shape index (κ2) is 5.10. The van der Waals surface area contributed by atoms with Crippen molar-refractivity contribution >= 4 is 16.6 Å². The Morgan fingerprint density at radius 1 is 0.864 bits per heavy atom. The highest BCUT2D eigenvalue weighted by molar-refractivity contribution is 6.06. The third-order valence-electron chi connectivity index (χ3n) is 4.84. The van der Waals surface area contributed by atoms with Crippen molar-refractivity contribution < 1.29 is 4.79 Å². The van der Waals surface area contributed by atoms with Crippen LogP contribution in [0.15, 0.2) is 60.7 Å². The van der Waals surface area contributed by atoms with Gasteiger partial charge >= 0.3 is 0 Å². The largest absolute Gasteiger partial charge is 0.294 e. The van der Waals surface area contributed by atoms with E-state index < -0.39 is 0 Å². The van der Waals surface area contributed by atoms with E-state index in [9.17, 15) is 4.79 Å². The molecule has 0 heterocycles. The van der Waals surface area contributed by atoms with Gasteiger partial charge in [-0.25, -0.2) is 0 Å². The maximum absolute atomic E-state index is 12.5. The summed E-state index contributed by atoms with van der Waals surface area (Å²) in [4.78, 5) is 12.5. The average Bonchev–Trinajstić information content (AvgIpc) is 2.91. The lowest BCUT2D eigenvalue weighted by Crippen LogP contribution is -2.06. The van der Waals surface area contributed by atoms with Gasteiger partial charge in [-0.3, -0.25) is 4.79 Å². The van der Waals surface area contributed by atoms with Crippen LogP contribution in [0.5, 0.6) is 0 Å². The molecule has 0 saturated heterocycles.